The molecule has 1 aliphatic carbocycles. The van der Waals surface area contributed by atoms with Crippen molar-refractivity contribution in [3.05, 3.63) is 68.3 Å². The minimum atomic E-state index is -0.592. The minimum absolute atomic E-state index is 0.149. The van der Waals surface area contributed by atoms with Crippen LogP contribution in [0.15, 0.2) is 40.1 Å². The highest BCUT2D eigenvalue weighted by molar-refractivity contribution is 6.05. The summed E-state index contributed by atoms with van der Waals surface area (Å²) in [5, 5.41) is 2.97. The SMILES string of the molecule is CCCn1c(=O)[nH]c(=O)c2c(C(=O)NCc3ccccn3)cc(C3CC3)nc21. The van der Waals surface area contributed by atoms with E-state index in [1.165, 1.54) is 4.57 Å². The van der Waals surface area contributed by atoms with E-state index in [1.54, 1.807) is 18.3 Å². The summed E-state index contributed by atoms with van der Waals surface area (Å²) in [5.41, 5.74) is 0.903. The van der Waals surface area contributed by atoms with Gasteiger partial charge in [0.05, 0.1) is 23.2 Å². The van der Waals surface area contributed by atoms with Crippen LogP contribution >= 0.6 is 0 Å². The standard InChI is InChI=1S/C20H21N5O3/c1-2-9-25-17-16(19(27)24-20(25)28)14(10-15(23-17)12-6-7-12)18(26)22-11-13-5-3-4-8-21-13/h3-5,8,10,12H,2,6-7,9,11H2,1H3,(H,22,26)(H,24,27,28). The van der Waals surface area contributed by atoms with Gasteiger partial charge >= 0.3 is 5.69 Å². The molecule has 4 rings (SSSR count). The predicted octanol–water partition coefficient (Wildman–Crippen LogP) is 1.70. The summed E-state index contributed by atoms with van der Waals surface area (Å²) in [6.45, 7) is 2.60. The Labute approximate surface area is 160 Å². The lowest BCUT2D eigenvalue weighted by Gasteiger charge is -2.13. The van der Waals surface area contributed by atoms with Crippen molar-refractivity contribution in [1.29, 1.82) is 0 Å². The van der Waals surface area contributed by atoms with Gasteiger partial charge in [0.15, 0.2) is 5.65 Å². The van der Waals surface area contributed by atoms with E-state index in [-0.39, 0.29) is 35.0 Å². The van der Waals surface area contributed by atoms with Gasteiger partial charge in [0.1, 0.15) is 0 Å². The first kappa shape index (κ1) is 18.1. The van der Waals surface area contributed by atoms with Crippen LogP contribution in [-0.2, 0) is 13.1 Å². The molecule has 0 aliphatic heterocycles. The number of aromatic amines is 1. The Hall–Kier alpha value is -3.29. The molecule has 2 N–H and O–H groups in total. The van der Waals surface area contributed by atoms with Crippen LogP contribution in [0.2, 0.25) is 0 Å². The molecule has 1 aliphatic rings. The fraction of sp³-hybridized carbons (Fsp3) is 0.350. The third-order valence-corrected chi connectivity index (χ3v) is 4.81. The van der Waals surface area contributed by atoms with Crippen LogP contribution < -0.4 is 16.6 Å². The second-order valence-corrected chi connectivity index (χ2v) is 6.98. The van der Waals surface area contributed by atoms with E-state index in [0.29, 0.717) is 18.7 Å². The van der Waals surface area contributed by atoms with E-state index in [9.17, 15) is 14.4 Å². The number of hydrogen-bond donors (Lipinski definition) is 2. The number of carbonyl (C=O) groups is 1. The first-order chi connectivity index (χ1) is 13.6. The fourth-order valence-electron chi connectivity index (χ4n) is 3.26. The number of pyridine rings is 2. The maximum atomic E-state index is 12.9. The van der Waals surface area contributed by atoms with Crippen LogP contribution in [0.5, 0.6) is 0 Å². The van der Waals surface area contributed by atoms with Gasteiger partial charge in [-0.25, -0.2) is 9.78 Å². The first-order valence-electron chi connectivity index (χ1n) is 9.44. The average Bonchev–Trinajstić information content (AvgIpc) is 3.54. The summed E-state index contributed by atoms with van der Waals surface area (Å²) in [6, 6.07) is 7.14. The van der Waals surface area contributed by atoms with Gasteiger partial charge in [-0.15, -0.1) is 0 Å². The molecule has 1 saturated carbocycles. The van der Waals surface area contributed by atoms with Gasteiger partial charge in [0, 0.05) is 24.4 Å². The van der Waals surface area contributed by atoms with Crippen molar-refractivity contribution in [1.82, 2.24) is 24.8 Å². The fourth-order valence-corrected chi connectivity index (χ4v) is 3.26. The van der Waals surface area contributed by atoms with Gasteiger partial charge in [0.25, 0.3) is 11.5 Å². The van der Waals surface area contributed by atoms with Gasteiger partial charge in [-0.05, 0) is 37.5 Å². The van der Waals surface area contributed by atoms with Gasteiger partial charge < -0.3 is 5.32 Å². The Morgan fingerprint density at radius 1 is 1.32 bits per heavy atom. The molecular weight excluding hydrogens is 358 g/mol. The maximum absolute atomic E-state index is 12.9. The molecule has 1 amide bonds. The minimum Gasteiger partial charge on any atom is -0.346 e. The molecule has 3 aromatic heterocycles. The topological polar surface area (TPSA) is 110 Å². The number of carbonyl (C=O) groups excluding carboxylic acids is 1. The van der Waals surface area contributed by atoms with E-state index in [2.05, 4.69) is 20.3 Å². The molecule has 144 valence electrons. The molecule has 8 heteroatoms. The zero-order valence-electron chi connectivity index (χ0n) is 15.6. The Morgan fingerprint density at radius 2 is 2.14 bits per heavy atom. The van der Waals surface area contributed by atoms with Gasteiger partial charge in [-0.1, -0.05) is 13.0 Å². The molecule has 0 aromatic carbocycles. The molecule has 1 fully saturated rings. The normalized spacial score (nSPS) is 13.6. The molecule has 0 spiro atoms. The highest BCUT2D eigenvalue weighted by Gasteiger charge is 2.28. The van der Waals surface area contributed by atoms with Crippen LogP contribution in [0.4, 0.5) is 0 Å². The molecule has 0 radical (unpaired) electrons. The summed E-state index contributed by atoms with van der Waals surface area (Å²) >= 11 is 0. The van der Waals surface area contributed by atoms with Crippen LogP contribution in [0, 0.1) is 0 Å². The van der Waals surface area contributed by atoms with Crippen LogP contribution in [0.25, 0.3) is 11.0 Å². The first-order valence-corrected chi connectivity index (χ1v) is 9.44. The number of rotatable bonds is 6. The Morgan fingerprint density at radius 3 is 2.82 bits per heavy atom. The van der Waals surface area contributed by atoms with Crippen molar-refractivity contribution < 1.29 is 4.79 Å². The summed E-state index contributed by atoms with van der Waals surface area (Å²) in [7, 11) is 0. The van der Waals surface area contributed by atoms with Crippen molar-refractivity contribution in [3.8, 4) is 0 Å². The number of H-pyrrole nitrogens is 1. The van der Waals surface area contributed by atoms with Crippen LogP contribution in [-0.4, -0.2) is 25.4 Å². The van der Waals surface area contributed by atoms with E-state index in [4.69, 9.17) is 0 Å². The van der Waals surface area contributed by atoms with Crippen molar-refractivity contribution in [2.24, 2.45) is 0 Å². The van der Waals surface area contributed by atoms with E-state index < -0.39 is 11.2 Å². The van der Waals surface area contributed by atoms with Crippen LogP contribution in [0.3, 0.4) is 0 Å². The van der Waals surface area contributed by atoms with Crippen LogP contribution in [0.1, 0.15) is 53.8 Å². The van der Waals surface area contributed by atoms with Gasteiger partial charge in [-0.3, -0.25) is 24.1 Å². The zero-order chi connectivity index (χ0) is 19.7. The van der Waals surface area contributed by atoms with Crippen molar-refractivity contribution >= 4 is 16.9 Å². The number of aromatic nitrogens is 4. The number of amides is 1. The summed E-state index contributed by atoms with van der Waals surface area (Å²) in [6.07, 6.45) is 4.35. The maximum Gasteiger partial charge on any atom is 0.329 e. The Kier molecular flexibility index (Phi) is 4.77. The van der Waals surface area contributed by atoms with E-state index >= 15 is 0 Å². The van der Waals surface area contributed by atoms with Gasteiger partial charge in [-0.2, -0.15) is 0 Å². The molecule has 0 bridgehead atoms. The Balaban J connectivity index is 1.82. The molecule has 0 atom stereocenters. The molecule has 8 nitrogen and oxygen atoms in total. The molecule has 0 unspecified atom stereocenters. The summed E-state index contributed by atoms with van der Waals surface area (Å²) < 4.78 is 1.44. The molecule has 3 aromatic rings. The third kappa shape index (κ3) is 3.45. The second-order valence-electron chi connectivity index (χ2n) is 6.98. The lowest BCUT2D eigenvalue weighted by Crippen LogP contribution is -2.33. The third-order valence-electron chi connectivity index (χ3n) is 4.81. The quantitative estimate of drug-likeness (QED) is 0.677. The number of aryl methyl sites for hydroxylation is 1. The largest absolute Gasteiger partial charge is 0.346 e. The molecule has 28 heavy (non-hydrogen) atoms. The van der Waals surface area contributed by atoms with Crippen molar-refractivity contribution in [3.63, 3.8) is 0 Å². The molecule has 0 saturated heterocycles. The summed E-state index contributed by atoms with van der Waals surface area (Å²) in [4.78, 5) is 48.9. The highest BCUT2D eigenvalue weighted by Crippen LogP contribution is 2.39. The smallest absolute Gasteiger partial charge is 0.329 e. The number of nitrogens with zero attached hydrogens (tertiary/aromatic N) is 3. The Bertz CT molecular complexity index is 1150. The number of nitrogens with one attached hydrogen (secondary N) is 2. The highest BCUT2D eigenvalue weighted by atomic mass is 16.2. The number of hydrogen-bond acceptors (Lipinski definition) is 5. The lowest BCUT2D eigenvalue weighted by atomic mass is 10.1. The van der Waals surface area contributed by atoms with Crippen molar-refractivity contribution in [2.45, 2.75) is 45.2 Å². The van der Waals surface area contributed by atoms with E-state index in [0.717, 1.165) is 18.5 Å². The zero-order valence-corrected chi connectivity index (χ0v) is 15.6. The van der Waals surface area contributed by atoms with E-state index in [1.807, 2.05) is 19.1 Å². The summed E-state index contributed by atoms with van der Waals surface area (Å²) in [5.74, 6) is -0.108. The number of fused-ring (bicyclic) bond motifs is 1. The second kappa shape index (κ2) is 7.38. The molecular formula is C20H21N5O3. The predicted molar refractivity (Wildman–Crippen MR) is 104 cm³/mol. The average molecular weight is 379 g/mol. The lowest BCUT2D eigenvalue weighted by molar-refractivity contribution is 0.0951. The monoisotopic (exact) mass is 379 g/mol. The van der Waals surface area contributed by atoms with Crippen molar-refractivity contribution in [2.75, 3.05) is 0 Å². The molecule has 3 heterocycles. The van der Waals surface area contributed by atoms with Gasteiger partial charge in [0.2, 0.25) is 0 Å².